The Morgan fingerprint density at radius 2 is 1.78 bits per heavy atom. The molecule has 0 heterocycles. The fourth-order valence-electron chi connectivity index (χ4n) is 1.31. The van der Waals surface area contributed by atoms with Crippen LogP contribution in [-0.4, -0.2) is 6.21 Å². The van der Waals surface area contributed by atoms with Crippen LogP contribution in [0.2, 0.25) is 5.02 Å². The molecule has 2 aromatic carbocycles. The minimum absolute atomic E-state index is 0.113. The number of anilines is 1. The molecule has 18 heavy (non-hydrogen) atoms. The van der Waals surface area contributed by atoms with E-state index in [0.29, 0.717) is 5.02 Å². The highest BCUT2D eigenvalue weighted by Gasteiger charge is 2.01. The predicted molar refractivity (Wildman–Crippen MR) is 69.0 cm³/mol. The summed E-state index contributed by atoms with van der Waals surface area (Å²) in [5.41, 5.74) is 3.42. The number of nitrogens with one attached hydrogen (secondary N) is 1. The molecule has 2 nitrogen and oxygen atoms in total. The molecule has 0 saturated carbocycles. The largest absolute Gasteiger partial charge is 0.276 e. The van der Waals surface area contributed by atoms with Gasteiger partial charge in [-0.05, 0) is 29.8 Å². The van der Waals surface area contributed by atoms with Crippen LogP contribution in [0, 0.1) is 11.6 Å². The van der Waals surface area contributed by atoms with Crippen LogP contribution in [0.1, 0.15) is 5.56 Å². The Balaban J connectivity index is 2.05. The smallest absolute Gasteiger partial charge is 0.151 e. The van der Waals surface area contributed by atoms with Gasteiger partial charge in [0.2, 0.25) is 0 Å². The van der Waals surface area contributed by atoms with Crippen LogP contribution < -0.4 is 5.43 Å². The van der Waals surface area contributed by atoms with E-state index in [1.165, 1.54) is 12.3 Å². The molecule has 0 fully saturated rings. The summed E-state index contributed by atoms with van der Waals surface area (Å²) in [5, 5.41) is 4.48. The van der Waals surface area contributed by atoms with E-state index in [1.54, 1.807) is 24.3 Å². The molecule has 0 aliphatic rings. The van der Waals surface area contributed by atoms with Crippen LogP contribution in [0.3, 0.4) is 0 Å². The molecule has 0 radical (unpaired) electrons. The van der Waals surface area contributed by atoms with E-state index >= 15 is 0 Å². The van der Waals surface area contributed by atoms with Crippen LogP contribution >= 0.6 is 11.6 Å². The Labute approximate surface area is 108 Å². The summed E-state index contributed by atoms with van der Waals surface area (Å²) in [6.45, 7) is 0. The second kappa shape index (κ2) is 5.60. The van der Waals surface area contributed by atoms with E-state index in [2.05, 4.69) is 10.5 Å². The van der Waals surface area contributed by atoms with Gasteiger partial charge in [-0.3, -0.25) is 5.43 Å². The Bertz CT molecular complexity index is 568. The number of hydrogen-bond donors (Lipinski definition) is 1. The Kier molecular flexibility index (Phi) is 3.89. The minimum atomic E-state index is -0.691. The highest BCUT2D eigenvalue weighted by Crippen LogP contribution is 2.14. The van der Waals surface area contributed by atoms with Crippen molar-refractivity contribution in [3.63, 3.8) is 0 Å². The normalized spacial score (nSPS) is 10.8. The number of hydrogen-bond acceptors (Lipinski definition) is 2. The van der Waals surface area contributed by atoms with E-state index in [1.807, 2.05) is 0 Å². The maximum atomic E-state index is 13.2. The van der Waals surface area contributed by atoms with Crippen molar-refractivity contribution in [3.05, 3.63) is 64.7 Å². The van der Waals surface area contributed by atoms with Gasteiger partial charge in [0, 0.05) is 11.1 Å². The molecule has 92 valence electrons. The number of halogens is 3. The predicted octanol–water partition coefficient (Wildman–Crippen LogP) is 4.06. The zero-order valence-electron chi connectivity index (χ0n) is 9.20. The van der Waals surface area contributed by atoms with Gasteiger partial charge in [-0.2, -0.15) is 5.10 Å². The molecular weight excluding hydrogens is 258 g/mol. The number of rotatable bonds is 3. The van der Waals surface area contributed by atoms with Crippen molar-refractivity contribution in [1.29, 1.82) is 0 Å². The molecule has 2 aromatic rings. The number of nitrogens with zero attached hydrogens (tertiary/aromatic N) is 1. The van der Waals surface area contributed by atoms with Crippen molar-refractivity contribution in [2.45, 2.75) is 0 Å². The summed E-state index contributed by atoms with van der Waals surface area (Å²) in [6.07, 6.45) is 1.51. The lowest BCUT2D eigenvalue weighted by atomic mass is 10.2. The summed E-state index contributed by atoms with van der Waals surface area (Å²) >= 11 is 5.73. The molecular formula is C13H9ClF2N2. The molecule has 1 N–H and O–H groups in total. The lowest BCUT2D eigenvalue weighted by molar-refractivity contribution is 0.585. The van der Waals surface area contributed by atoms with Crippen molar-refractivity contribution in [1.82, 2.24) is 0 Å². The molecule has 5 heteroatoms. The standard InChI is InChI=1S/C13H9ClF2N2/c14-10-3-1-9(2-4-10)8-17-18-13-6-5-11(15)7-12(13)16/h1-8,18H/b17-8+. The molecule has 0 atom stereocenters. The fourth-order valence-corrected chi connectivity index (χ4v) is 1.43. The first-order valence-electron chi connectivity index (χ1n) is 5.15. The third kappa shape index (κ3) is 3.28. The average molecular weight is 267 g/mol. The van der Waals surface area contributed by atoms with Crippen molar-refractivity contribution < 1.29 is 8.78 Å². The molecule has 0 amide bonds. The maximum Gasteiger partial charge on any atom is 0.151 e. The van der Waals surface area contributed by atoms with Gasteiger partial charge < -0.3 is 0 Å². The van der Waals surface area contributed by atoms with Crippen LogP contribution in [-0.2, 0) is 0 Å². The van der Waals surface area contributed by atoms with Crippen LogP contribution in [0.5, 0.6) is 0 Å². The zero-order valence-corrected chi connectivity index (χ0v) is 9.96. The van der Waals surface area contributed by atoms with Gasteiger partial charge in [0.25, 0.3) is 0 Å². The van der Waals surface area contributed by atoms with Crippen molar-refractivity contribution in [2.24, 2.45) is 5.10 Å². The first kappa shape index (κ1) is 12.5. The zero-order chi connectivity index (χ0) is 13.0. The van der Waals surface area contributed by atoms with E-state index in [4.69, 9.17) is 11.6 Å². The second-order valence-electron chi connectivity index (χ2n) is 3.55. The van der Waals surface area contributed by atoms with Crippen LogP contribution in [0.15, 0.2) is 47.6 Å². The number of benzene rings is 2. The Morgan fingerprint density at radius 1 is 1.06 bits per heavy atom. The molecule has 0 unspecified atom stereocenters. The van der Waals surface area contributed by atoms with Crippen molar-refractivity contribution >= 4 is 23.5 Å². The summed E-state index contributed by atoms with van der Waals surface area (Å²) < 4.78 is 25.9. The van der Waals surface area contributed by atoms with Gasteiger partial charge >= 0.3 is 0 Å². The molecule has 0 spiro atoms. The summed E-state index contributed by atoms with van der Waals surface area (Å²) in [7, 11) is 0. The third-order valence-corrected chi connectivity index (χ3v) is 2.45. The van der Waals surface area contributed by atoms with Gasteiger partial charge in [-0.1, -0.05) is 23.7 Å². The van der Waals surface area contributed by atoms with Gasteiger partial charge in [-0.15, -0.1) is 0 Å². The highest BCUT2D eigenvalue weighted by molar-refractivity contribution is 6.30. The molecule has 0 aliphatic heterocycles. The van der Waals surface area contributed by atoms with Gasteiger partial charge in [0.05, 0.1) is 11.9 Å². The van der Waals surface area contributed by atoms with Crippen molar-refractivity contribution in [3.8, 4) is 0 Å². The molecule has 0 aliphatic carbocycles. The SMILES string of the molecule is Fc1ccc(N/N=C/c2ccc(Cl)cc2)c(F)c1. The second-order valence-corrected chi connectivity index (χ2v) is 3.98. The lowest BCUT2D eigenvalue weighted by Gasteiger charge is -2.01. The molecule has 0 aromatic heterocycles. The quantitative estimate of drug-likeness (QED) is 0.657. The summed E-state index contributed by atoms with van der Waals surface area (Å²) in [6, 6.07) is 10.2. The maximum absolute atomic E-state index is 13.2. The number of hydrazone groups is 1. The Morgan fingerprint density at radius 3 is 2.44 bits per heavy atom. The monoisotopic (exact) mass is 266 g/mol. The fraction of sp³-hybridized carbons (Fsp3) is 0. The first-order valence-corrected chi connectivity index (χ1v) is 5.52. The topological polar surface area (TPSA) is 24.4 Å². The van der Waals surface area contributed by atoms with E-state index in [9.17, 15) is 8.78 Å². The minimum Gasteiger partial charge on any atom is -0.276 e. The van der Waals surface area contributed by atoms with E-state index < -0.39 is 11.6 Å². The van der Waals surface area contributed by atoms with Crippen molar-refractivity contribution in [2.75, 3.05) is 5.43 Å². The Hall–Kier alpha value is -1.94. The highest BCUT2D eigenvalue weighted by atomic mass is 35.5. The van der Waals surface area contributed by atoms with Crippen LogP contribution in [0.25, 0.3) is 0 Å². The van der Waals surface area contributed by atoms with E-state index in [0.717, 1.165) is 17.7 Å². The molecule has 0 saturated heterocycles. The van der Waals surface area contributed by atoms with Gasteiger partial charge in [0.15, 0.2) is 5.82 Å². The van der Waals surface area contributed by atoms with Gasteiger partial charge in [-0.25, -0.2) is 8.78 Å². The molecule has 0 bridgehead atoms. The average Bonchev–Trinajstić information content (AvgIpc) is 2.34. The van der Waals surface area contributed by atoms with Gasteiger partial charge in [0.1, 0.15) is 5.82 Å². The summed E-state index contributed by atoms with van der Waals surface area (Å²) in [4.78, 5) is 0. The first-order chi connectivity index (χ1) is 8.65. The third-order valence-electron chi connectivity index (χ3n) is 2.20. The van der Waals surface area contributed by atoms with E-state index in [-0.39, 0.29) is 5.69 Å². The lowest BCUT2D eigenvalue weighted by Crippen LogP contribution is -1.94. The van der Waals surface area contributed by atoms with Crippen LogP contribution in [0.4, 0.5) is 14.5 Å². The summed E-state index contributed by atoms with van der Waals surface area (Å²) in [5.74, 6) is -1.32. The molecule has 2 rings (SSSR count).